The fourth-order valence-corrected chi connectivity index (χ4v) is 3.00. The molecule has 0 atom stereocenters. The number of amides is 2. The maximum atomic E-state index is 12.0. The van der Waals surface area contributed by atoms with Gasteiger partial charge in [0, 0.05) is 24.9 Å². The number of nitrogens with one attached hydrogen (secondary N) is 1. The molecule has 0 aromatic carbocycles. The molecule has 0 radical (unpaired) electrons. The van der Waals surface area contributed by atoms with Gasteiger partial charge in [0.05, 0.1) is 12.8 Å². The minimum absolute atomic E-state index is 0.0647. The second-order valence-corrected chi connectivity index (χ2v) is 5.91. The molecule has 1 aromatic rings. The maximum absolute atomic E-state index is 12.0. The van der Waals surface area contributed by atoms with E-state index in [4.69, 9.17) is 0 Å². The smallest absolute Gasteiger partial charge is 0.323 e. The van der Waals surface area contributed by atoms with Crippen molar-refractivity contribution in [1.29, 1.82) is 0 Å². The van der Waals surface area contributed by atoms with Crippen molar-refractivity contribution in [2.45, 2.75) is 38.5 Å². The van der Waals surface area contributed by atoms with Gasteiger partial charge < -0.3 is 9.64 Å². The number of methoxy groups -OCH3 is 1. The van der Waals surface area contributed by atoms with E-state index in [-0.39, 0.29) is 12.0 Å². The molecule has 6 nitrogen and oxygen atoms in total. The van der Waals surface area contributed by atoms with Crippen molar-refractivity contribution in [1.82, 2.24) is 9.88 Å². The third-order valence-corrected chi connectivity index (χ3v) is 4.26. The monoisotopic (exact) mass is 311 g/mol. The normalized spacial score (nSPS) is 14.8. The minimum Gasteiger partial charge on any atom is -0.469 e. The van der Waals surface area contributed by atoms with Crippen LogP contribution in [0.15, 0.2) is 5.38 Å². The third-order valence-electron chi connectivity index (χ3n) is 3.45. The first-order chi connectivity index (χ1) is 10.2. The van der Waals surface area contributed by atoms with Crippen LogP contribution >= 0.6 is 11.3 Å². The molecule has 21 heavy (non-hydrogen) atoms. The maximum Gasteiger partial charge on any atom is 0.323 e. The van der Waals surface area contributed by atoms with E-state index in [1.54, 1.807) is 0 Å². The van der Waals surface area contributed by atoms with Crippen molar-refractivity contribution in [3.8, 4) is 0 Å². The number of carbonyl (C=O) groups is 2. The SMILES string of the molecule is COC(=O)CCCc1csc(NC(=O)N2CCCCC2)n1. The van der Waals surface area contributed by atoms with E-state index in [2.05, 4.69) is 15.0 Å². The summed E-state index contributed by atoms with van der Waals surface area (Å²) in [5.74, 6) is -0.205. The first-order valence-corrected chi connectivity index (χ1v) is 8.14. The molecule has 2 amide bonds. The third kappa shape index (κ3) is 5.00. The van der Waals surface area contributed by atoms with E-state index < -0.39 is 0 Å². The fourth-order valence-electron chi connectivity index (χ4n) is 2.26. The van der Waals surface area contributed by atoms with Gasteiger partial charge in [-0.3, -0.25) is 10.1 Å². The highest BCUT2D eigenvalue weighted by atomic mass is 32.1. The Balaban J connectivity index is 1.76. The molecule has 2 heterocycles. The van der Waals surface area contributed by atoms with Crippen LogP contribution in [0.5, 0.6) is 0 Å². The number of ether oxygens (including phenoxy) is 1. The van der Waals surface area contributed by atoms with Gasteiger partial charge in [0.15, 0.2) is 5.13 Å². The summed E-state index contributed by atoms with van der Waals surface area (Å²) in [7, 11) is 1.39. The molecule has 1 fully saturated rings. The number of aryl methyl sites for hydroxylation is 1. The van der Waals surface area contributed by atoms with E-state index in [1.165, 1.54) is 24.9 Å². The van der Waals surface area contributed by atoms with Gasteiger partial charge in [-0.2, -0.15) is 0 Å². The van der Waals surface area contributed by atoms with Gasteiger partial charge in [-0.1, -0.05) is 0 Å². The number of thiazole rings is 1. The van der Waals surface area contributed by atoms with Crippen LogP contribution in [0.4, 0.5) is 9.93 Å². The average Bonchev–Trinajstić information content (AvgIpc) is 2.95. The predicted octanol–water partition coefficient (Wildman–Crippen LogP) is 2.66. The Kier molecular flexibility index (Phi) is 5.98. The number of aromatic nitrogens is 1. The van der Waals surface area contributed by atoms with E-state index in [1.807, 2.05) is 10.3 Å². The standard InChI is InChI=1S/C14H21N3O3S/c1-20-12(18)7-5-6-11-10-21-13(15-11)16-14(19)17-8-3-2-4-9-17/h10H,2-9H2,1H3,(H,15,16,19). The average molecular weight is 311 g/mol. The molecule has 2 rings (SSSR count). The predicted molar refractivity (Wildman–Crippen MR) is 81.5 cm³/mol. The van der Waals surface area contributed by atoms with E-state index >= 15 is 0 Å². The number of hydrogen-bond donors (Lipinski definition) is 1. The van der Waals surface area contributed by atoms with Crippen LogP contribution in [-0.4, -0.2) is 42.1 Å². The highest BCUT2D eigenvalue weighted by Gasteiger charge is 2.17. The number of likely N-dealkylation sites (tertiary alicyclic amines) is 1. The van der Waals surface area contributed by atoms with Gasteiger partial charge in [-0.15, -0.1) is 11.3 Å². The Bertz CT molecular complexity index is 484. The molecule has 0 aliphatic carbocycles. The zero-order valence-electron chi connectivity index (χ0n) is 12.3. The van der Waals surface area contributed by atoms with Gasteiger partial charge in [0.1, 0.15) is 0 Å². The second kappa shape index (κ2) is 7.97. The number of piperidine rings is 1. The Hall–Kier alpha value is -1.63. The molecule has 7 heteroatoms. The summed E-state index contributed by atoms with van der Waals surface area (Å²) in [6.45, 7) is 1.65. The molecular weight excluding hydrogens is 290 g/mol. The van der Waals surface area contributed by atoms with Crippen LogP contribution in [0.25, 0.3) is 0 Å². The number of hydrogen-bond acceptors (Lipinski definition) is 5. The summed E-state index contributed by atoms with van der Waals surface area (Å²) in [6, 6.07) is -0.0647. The number of esters is 1. The van der Waals surface area contributed by atoms with Crippen LogP contribution in [0.3, 0.4) is 0 Å². The molecule has 1 aliphatic heterocycles. The summed E-state index contributed by atoms with van der Waals surface area (Å²) in [5.41, 5.74) is 0.901. The molecule has 1 saturated heterocycles. The van der Waals surface area contributed by atoms with Gasteiger partial charge in [0.2, 0.25) is 0 Å². The molecule has 0 saturated carbocycles. The van der Waals surface area contributed by atoms with E-state index in [0.717, 1.165) is 31.6 Å². The van der Waals surface area contributed by atoms with Crippen molar-refractivity contribution < 1.29 is 14.3 Å². The Morgan fingerprint density at radius 2 is 2.14 bits per heavy atom. The molecule has 116 valence electrons. The second-order valence-electron chi connectivity index (χ2n) is 5.05. The number of carbonyl (C=O) groups excluding carboxylic acids is 2. The van der Waals surface area contributed by atoms with Gasteiger partial charge in [-0.25, -0.2) is 9.78 Å². The van der Waals surface area contributed by atoms with Crippen LogP contribution in [0.2, 0.25) is 0 Å². The number of anilines is 1. The summed E-state index contributed by atoms with van der Waals surface area (Å²) in [5, 5.41) is 5.39. The van der Waals surface area contributed by atoms with E-state index in [9.17, 15) is 9.59 Å². The summed E-state index contributed by atoms with van der Waals surface area (Å²) < 4.78 is 4.59. The van der Waals surface area contributed by atoms with Gasteiger partial charge in [0.25, 0.3) is 0 Å². The lowest BCUT2D eigenvalue weighted by Gasteiger charge is -2.26. The van der Waals surface area contributed by atoms with Crippen molar-refractivity contribution in [3.63, 3.8) is 0 Å². The van der Waals surface area contributed by atoms with Crippen LogP contribution in [0.1, 0.15) is 37.8 Å². The Morgan fingerprint density at radius 3 is 2.86 bits per heavy atom. The highest BCUT2D eigenvalue weighted by molar-refractivity contribution is 7.13. The molecular formula is C14H21N3O3S. The summed E-state index contributed by atoms with van der Waals surface area (Å²) in [6.07, 6.45) is 5.16. The topological polar surface area (TPSA) is 71.5 Å². The molecule has 1 aromatic heterocycles. The lowest BCUT2D eigenvalue weighted by atomic mass is 10.1. The zero-order chi connectivity index (χ0) is 15.1. The summed E-state index contributed by atoms with van der Waals surface area (Å²) in [4.78, 5) is 29.3. The first kappa shape index (κ1) is 15.8. The lowest BCUT2D eigenvalue weighted by molar-refractivity contribution is -0.140. The van der Waals surface area contributed by atoms with E-state index in [0.29, 0.717) is 24.4 Å². The lowest BCUT2D eigenvalue weighted by Crippen LogP contribution is -2.38. The number of nitrogens with zero attached hydrogens (tertiary/aromatic N) is 2. The summed E-state index contributed by atoms with van der Waals surface area (Å²) >= 11 is 1.42. The molecule has 1 N–H and O–H groups in total. The largest absolute Gasteiger partial charge is 0.469 e. The van der Waals surface area contributed by atoms with Gasteiger partial charge >= 0.3 is 12.0 Å². The van der Waals surface area contributed by atoms with Crippen LogP contribution < -0.4 is 5.32 Å². The quantitative estimate of drug-likeness (QED) is 0.849. The van der Waals surface area contributed by atoms with Gasteiger partial charge in [-0.05, 0) is 32.1 Å². The fraction of sp³-hybridized carbons (Fsp3) is 0.643. The molecule has 0 unspecified atom stereocenters. The highest BCUT2D eigenvalue weighted by Crippen LogP contribution is 2.18. The van der Waals surface area contributed by atoms with Crippen molar-refractivity contribution >= 4 is 28.5 Å². The molecule has 1 aliphatic rings. The zero-order valence-corrected chi connectivity index (χ0v) is 13.1. The number of rotatable bonds is 5. The van der Waals surface area contributed by atoms with Crippen LogP contribution in [-0.2, 0) is 16.0 Å². The molecule has 0 spiro atoms. The van der Waals surface area contributed by atoms with Crippen molar-refractivity contribution in [2.24, 2.45) is 0 Å². The van der Waals surface area contributed by atoms with Crippen molar-refractivity contribution in [3.05, 3.63) is 11.1 Å². The van der Waals surface area contributed by atoms with Crippen molar-refractivity contribution in [2.75, 3.05) is 25.5 Å². The molecule has 0 bridgehead atoms. The Morgan fingerprint density at radius 1 is 1.38 bits per heavy atom. The van der Waals surface area contributed by atoms with Crippen LogP contribution in [0, 0.1) is 0 Å². The first-order valence-electron chi connectivity index (χ1n) is 7.26. The Labute approximate surface area is 128 Å². The number of urea groups is 1. The minimum atomic E-state index is -0.205.